The SMILES string of the molecule is CC(C)(C)c1ccc(C(=O)Nc2ccc(C(=O)O)c(NC3CCCN(S(=O)(=O)c4ccccc4)C3)c2)cc1. The first-order chi connectivity index (χ1) is 17.9. The van der Waals surface area contributed by atoms with E-state index in [1.54, 1.807) is 54.6 Å². The molecule has 0 saturated carbocycles. The van der Waals surface area contributed by atoms with Crippen LogP contribution in [0, 0.1) is 0 Å². The largest absolute Gasteiger partial charge is 0.478 e. The quantitative estimate of drug-likeness (QED) is 0.383. The van der Waals surface area contributed by atoms with Crippen molar-refractivity contribution in [3.8, 4) is 0 Å². The summed E-state index contributed by atoms with van der Waals surface area (Å²) < 4.78 is 27.6. The zero-order valence-corrected chi connectivity index (χ0v) is 22.6. The molecule has 1 aliphatic rings. The van der Waals surface area contributed by atoms with Crippen molar-refractivity contribution in [1.29, 1.82) is 0 Å². The molecule has 1 unspecified atom stereocenters. The van der Waals surface area contributed by atoms with Crippen LogP contribution in [-0.2, 0) is 15.4 Å². The predicted molar refractivity (Wildman–Crippen MR) is 148 cm³/mol. The van der Waals surface area contributed by atoms with Gasteiger partial charge in [0.25, 0.3) is 5.91 Å². The zero-order valence-electron chi connectivity index (χ0n) is 21.8. The van der Waals surface area contributed by atoms with Crippen LogP contribution in [-0.4, -0.2) is 48.8 Å². The third-order valence-corrected chi connectivity index (χ3v) is 8.53. The first-order valence-electron chi connectivity index (χ1n) is 12.6. The minimum Gasteiger partial charge on any atom is -0.478 e. The van der Waals surface area contributed by atoms with Gasteiger partial charge in [-0.05, 0) is 66.3 Å². The highest BCUT2D eigenvalue weighted by atomic mass is 32.2. The number of piperidine rings is 1. The normalized spacial score (nSPS) is 16.6. The van der Waals surface area contributed by atoms with Gasteiger partial charge in [-0.3, -0.25) is 4.79 Å². The number of carbonyl (C=O) groups excluding carboxylic acids is 1. The van der Waals surface area contributed by atoms with Gasteiger partial charge in [0, 0.05) is 30.4 Å². The summed E-state index contributed by atoms with van der Waals surface area (Å²) in [4.78, 5) is 25.0. The second kappa shape index (κ2) is 11.0. The summed E-state index contributed by atoms with van der Waals surface area (Å²) in [5, 5.41) is 15.8. The highest BCUT2D eigenvalue weighted by molar-refractivity contribution is 7.89. The summed E-state index contributed by atoms with van der Waals surface area (Å²) in [5.74, 6) is -1.43. The number of nitrogens with one attached hydrogen (secondary N) is 2. The topological polar surface area (TPSA) is 116 Å². The Kier molecular flexibility index (Phi) is 7.89. The van der Waals surface area contributed by atoms with Gasteiger partial charge in [0.1, 0.15) is 0 Å². The van der Waals surface area contributed by atoms with Crippen LogP contribution in [0.5, 0.6) is 0 Å². The Morgan fingerprint density at radius 1 is 0.974 bits per heavy atom. The number of carbonyl (C=O) groups is 2. The lowest BCUT2D eigenvalue weighted by Crippen LogP contribution is -2.45. The number of hydrogen-bond acceptors (Lipinski definition) is 5. The van der Waals surface area contributed by atoms with Crippen molar-refractivity contribution >= 4 is 33.3 Å². The maximum absolute atomic E-state index is 13.1. The lowest BCUT2D eigenvalue weighted by Gasteiger charge is -2.33. The van der Waals surface area contributed by atoms with Crippen LogP contribution in [0.2, 0.25) is 0 Å². The Bertz CT molecular complexity index is 1410. The van der Waals surface area contributed by atoms with E-state index in [1.165, 1.54) is 10.4 Å². The molecular weight excluding hydrogens is 502 g/mol. The highest BCUT2D eigenvalue weighted by Crippen LogP contribution is 2.27. The number of hydrogen-bond donors (Lipinski definition) is 3. The third kappa shape index (κ3) is 6.23. The molecule has 1 aliphatic heterocycles. The number of carboxylic acids is 1. The summed E-state index contributed by atoms with van der Waals surface area (Å²) in [6.45, 7) is 6.90. The molecule has 8 nitrogen and oxygen atoms in total. The van der Waals surface area contributed by atoms with Crippen molar-refractivity contribution in [2.75, 3.05) is 23.7 Å². The maximum atomic E-state index is 13.1. The lowest BCUT2D eigenvalue weighted by molar-refractivity contribution is 0.0697. The summed E-state index contributed by atoms with van der Waals surface area (Å²) in [6, 6.07) is 19.9. The lowest BCUT2D eigenvalue weighted by atomic mass is 9.87. The summed E-state index contributed by atoms with van der Waals surface area (Å²) in [5.41, 5.74) is 2.37. The molecule has 1 fully saturated rings. The van der Waals surface area contributed by atoms with Crippen LogP contribution >= 0.6 is 0 Å². The molecule has 4 rings (SSSR count). The van der Waals surface area contributed by atoms with E-state index in [1.807, 2.05) is 12.1 Å². The zero-order chi connectivity index (χ0) is 27.5. The van der Waals surface area contributed by atoms with Crippen LogP contribution < -0.4 is 10.6 Å². The molecule has 1 amide bonds. The van der Waals surface area contributed by atoms with E-state index in [0.29, 0.717) is 36.3 Å². The summed E-state index contributed by atoms with van der Waals surface area (Å²) in [7, 11) is -3.66. The van der Waals surface area contributed by atoms with Crippen LogP contribution in [0.15, 0.2) is 77.7 Å². The number of benzene rings is 3. The molecule has 0 aliphatic carbocycles. The molecule has 1 heterocycles. The van der Waals surface area contributed by atoms with Gasteiger partial charge in [-0.2, -0.15) is 4.31 Å². The van der Waals surface area contributed by atoms with Crippen molar-refractivity contribution in [2.24, 2.45) is 0 Å². The Morgan fingerprint density at radius 2 is 1.66 bits per heavy atom. The molecule has 3 N–H and O–H groups in total. The second-order valence-electron chi connectivity index (χ2n) is 10.5. The number of aromatic carboxylic acids is 1. The second-order valence-corrected chi connectivity index (χ2v) is 12.4. The van der Waals surface area contributed by atoms with Gasteiger partial charge in [0.05, 0.1) is 16.1 Å². The van der Waals surface area contributed by atoms with Gasteiger partial charge in [-0.1, -0.05) is 51.1 Å². The third-order valence-electron chi connectivity index (χ3n) is 6.65. The van der Waals surface area contributed by atoms with Gasteiger partial charge < -0.3 is 15.7 Å². The molecule has 0 radical (unpaired) electrons. The smallest absolute Gasteiger partial charge is 0.337 e. The number of rotatable bonds is 7. The van der Waals surface area contributed by atoms with E-state index in [0.717, 1.165) is 5.56 Å². The van der Waals surface area contributed by atoms with E-state index >= 15 is 0 Å². The van der Waals surface area contributed by atoms with Gasteiger partial charge in [0.2, 0.25) is 10.0 Å². The Balaban J connectivity index is 1.51. The van der Waals surface area contributed by atoms with Gasteiger partial charge in [-0.25, -0.2) is 13.2 Å². The average Bonchev–Trinajstić information content (AvgIpc) is 2.89. The molecule has 3 aromatic carbocycles. The number of sulfonamides is 1. The van der Waals surface area contributed by atoms with E-state index in [4.69, 9.17) is 0 Å². The molecule has 200 valence electrons. The van der Waals surface area contributed by atoms with E-state index in [-0.39, 0.29) is 34.4 Å². The predicted octanol–water partition coefficient (Wildman–Crippen LogP) is 5.20. The van der Waals surface area contributed by atoms with E-state index < -0.39 is 16.0 Å². The Morgan fingerprint density at radius 3 is 2.29 bits per heavy atom. The molecule has 0 aromatic heterocycles. The summed E-state index contributed by atoms with van der Waals surface area (Å²) in [6.07, 6.45) is 1.31. The fourth-order valence-corrected chi connectivity index (χ4v) is 6.04. The molecule has 1 saturated heterocycles. The average molecular weight is 536 g/mol. The van der Waals surface area contributed by atoms with E-state index in [2.05, 4.69) is 31.4 Å². The molecule has 0 spiro atoms. The van der Waals surface area contributed by atoms with Gasteiger partial charge in [0.15, 0.2) is 0 Å². The molecule has 9 heteroatoms. The number of amides is 1. The van der Waals surface area contributed by atoms with Crippen LogP contribution in [0.1, 0.15) is 59.9 Å². The van der Waals surface area contributed by atoms with E-state index in [9.17, 15) is 23.1 Å². The van der Waals surface area contributed by atoms with Crippen LogP contribution in [0.25, 0.3) is 0 Å². The minimum atomic E-state index is -3.66. The fraction of sp³-hybridized carbons (Fsp3) is 0.310. The van der Waals surface area contributed by atoms with Crippen molar-refractivity contribution in [3.05, 3.63) is 89.5 Å². The van der Waals surface area contributed by atoms with Crippen molar-refractivity contribution in [2.45, 2.75) is 50.0 Å². The van der Waals surface area contributed by atoms with Crippen molar-refractivity contribution in [1.82, 2.24) is 4.31 Å². The number of nitrogens with zero attached hydrogens (tertiary/aromatic N) is 1. The number of carboxylic acid groups (broad SMARTS) is 1. The Hall–Kier alpha value is -3.69. The first-order valence-corrected chi connectivity index (χ1v) is 14.0. The maximum Gasteiger partial charge on any atom is 0.337 e. The minimum absolute atomic E-state index is 0.0304. The molecule has 3 aromatic rings. The van der Waals surface area contributed by atoms with Gasteiger partial charge in [-0.15, -0.1) is 0 Å². The number of anilines is 2. The standard InChI is InChI=1S/C29H33N3O5S/c1-29(2,3)21-13-11-20(12-14-21)27(33)31-22-15-16-25(28(34)35)26(18-22)30-23-8-7-17-32(19-23)38(36,37)24-9-5-4-6-10-24/h4-6,9-16,18,23,30H,7-8,17,19H2,1-3H3,(H,31,33)(H,34,35). The van der Waals surface area contributed by atoms with Gasteiger partial charge >= 0.3 is 5.97 Å². The monoisotopic (exact) mass is 535 g/mol. The first kappa shape index (κ1) is 27.3. The fourth-order valence-electron chi connectivity index (χ4n) is 4.49. The van der Waals surface area contributed by atoms with Crippen molar-refractivity contribution < 1.29 is 23.1 Å². The Labute approximate surface area is 223 Å². The summed E-state index contributed by atoms with van der Waals surface area (Å²) >= 11 is 0. The molecular formula is C29H33N3O5S. The molecule has 38 heavy (non-hydrogen) atoms. The van der Waals surface area contributed by atoms with Crippen LogP contribution in [0.3, 0.4) is 0 Å². The van der Waals surface area contributed by atoms with Crippen molar-refractivity contribution in [3.63, 3.8) is 0 Å². The van der Waals surface area contributed by atoms with Crippen LogP contribution in [0.4, 0.5) is 11.4 Å². The molecule has 1 atom stereocenters. The molecule has 0 bridgehead atoms. The highest BCUT2D eigenvalue weighted by Gasteiger charge is 2.30.